The molecule has 6 N–H and O–H groups in total. The zero-order chi connectivity index (χ0) is 38.3. The Hall–Kier alpha value is -5.63. The van der Waals surface area contributed by atoms with Crippen LogP contribution in [0.25, 0.3) is 10.9 Å². The zero-order valence-electron chi connectivity index (χ0n) is 30.5. The van der Waals surface area contributed by atoms with Gasteiger partial charge >= 0.3 is 6.09 Å². The second-order valence-electron chi connectivity index (χ2n) is 14.3. The Labute approximate surface area is 318 Å². The van der Waals surface area contributed by atoms with E-state index in [0.717, 1.165) is 50.0 Å². The molecule has 8 rings (SSSR count). The number of H-pyrrole nitrogens is 1. The number of rotatable bonds is 16. The van der Waals surface area contributed by atoms with E-state index in [9.17, 15) is 29.7 Å². The lowest BCUT2D eigenvalue weighted by Gasteiger charge is -2.50. The number of nitrogens with one attached hydrogen (secondary N) is 3. The quantitative estimate of drug-likeness (QED) is 0.0715. The van der Waals surface area contributed by atoms with Crippen LogP contribution < -0.4 is 20.9 Å². The van der Waals surface area contributed by atoms with Gasteiger partial charge in [0.1, 0.15) is 23.9 Å². The highest BCUT2D eigenvalue weighted by Gasteiger charge is 2.43. The van der Waals surface area contributed by atoms with Crippen LogP contribution in [0.4, 0.5) is 4.79 Å². The van der Waals surface area contributed by atoms with Gasteiger partial charge in [-0.1, -0.05) is 48.5 Å². The number of aromatic amines is 1. The van der Waals surface area contributed by atoms with E-state index in [1.165, 1.54) is 12.1 Å². The number of phenolic OH excluding ortho intramolecular Hbond substituents is 1. The van der Waals surface area contributed by atoms with Crippen LogP contribution in [0, 0.1) is 5.92 Å². The second kappa shape index (κ2) is 17.2. The molecule has 3 saturated heterocycles. The lowest BCUT2D eigenvalue weighted by molar-refractivity contribution is -0.000815. The van der Waals surface area contributed by atoms with Gasteiger partial charge in [0.2, 0.25) is 5.56 Å². The molecule has 3 aromatic carbocycles. The van der Waals surface area contributed by atoms with Crippen LogP contribution in [0.2, 0.25) is 0 Å². The fraction of sp³-hybridized carbons (Fsp3) is 0.357. The van der Waals surface area contributed by atoms with Crippen molar-refractivity contribution in [2.75, 3.05) is 39.3 Å². The van der Waals surface area contributed by atoms with Gasteiger partial charge in [-0.25, -0.2) is 4.79 Å². The van der Waals surface area contributed by atoms with Gasteiger partial charge in [-0.3, -0.25) is 14.5 Å². The third-order valence-electron chi connectivity index (χ3n) is 10.7. The number of carbonyl (C=O) groups excluding carboxylic acids is 1. The number of hydrogen-bond donors (Lipinski definition) is 6. The summed E-state index contributed by atoms with van der Waals surface area (Å²) in [7, 11) is 0. The molecular weight excluding hydrogens is 702 g/mol. The number of piperidine rings is 3. The van der Waals surface area contributed by atoms with E-state index in [2.05, 4.69) is 20.5 Å². The molecule has 55 heavy (non-hydrogen) atoms. The van der Waals surface area contributed by atoms with Gasteiger partial charge in [0.25, 0.3) is 5.91 Å². The minimum Gasteiger partial charge on any atom is -0.506 e. The number of aliphatic hydroxyl groups excluding tert-OH is 1. The molecule has 13 heteroatoms. The van der Waals surface area contributed by atoms with Crippen LogP contribution in [0.1, 0.15) is 70.8 Å². The standard InChI is InChI=1S/C42H47N5O8/c48-35-14-12-32(33-13-16-38(50)45-39(33)35)36(49)24-43-19-4-5-20-44-41(51)37-15-11-31(55-37)26-54-30-10-6-9-29(23-30)40(28-7-2-1-3-8-28)47(42(52)53)34-25-46-21-17-27(34)18-22-46/h1-3,6-16,23,27,34,36,40,43,48-49H,4-5,17-22,24-26H2,(H,44,51)(H,45,50)(H,52,53)/t34-,36-,40-/m0/s1. The first kappa shape index (κ1) is 37.7. The van der Waals surface area contributed by atoms with E-state index in [1.807, 2.05) is 54.6 Å². The molecule has 3 fully saturated rings. The van der Waals surface area contributed by atoms with E-state index >= 15 is 0 Å². The van der Waals surface area contributed by atoms with Crippen molar-refractivity contribution in [3.8, 4) is 11.5 Å². The lowest BCUT2D eigenvalue weighted by Crippen LogP contribution is -2.59. The summed E-state index contributed by atoms with van der Waals surface area (Å²) >= 11 is 0. The Kier molecular flexibility index (Phi) is 11.8. The monoisotopic (exact) mass is 749 g/mol. The topological polar surface area (TPSA) is 181 Å². The van der Waals surface area contributed by atoms with Crippen molar-refractivity contribution in [2.45, 2.75) is 50.5 Å². The Morgan fingerprint density at radius 3 is 2.49 bits per heavy atom. The molecule has 0 spiro atoms. The summed E-state index contributed by atoms with van der Waals surface area (Å²) in [5.41, 5.74) is 2.27. The first-order chi connectivity index (χ1) is 26.7. The average Bonchev–Trinajstić information content (AvgIpc) is 3.69. The average molecular weight is 750 g/mol. The molecule has 13 nitrogen and oxygen atoms in total. The number of aromatic nitrogens is 1. The summed E-state index contributed by atoms with van der Waals surface area (Å²) in [5, 5.41) is 38.1. The van der Waals surface area contributed by atoms with Crippen molar-refractivity contribution < 1.29 is 34.1 Å². The molecule has 5 aromatic rings. The maximum Gasteiger partial charge on any atom is 0.408 e. The van der Waals surface area contributed by atoms with Gasteiger partial charge in [-0.15, -0.1) is 0 Å². The summed E-state index contributed by atoms with van der Waals surface area (Å²) in [5.74, 6) is 1.16. The fourth-order valence-corrected chi connectivity index (χ4v) is 7.91. The number of aromatic hydroxyl groups is 1. The minimum atomic E-state index is -0.936. The SMILES string of the molecule is O=C(NCCCCNC[C@H](O)c1ccc(O)c2[nH]c(=O)ccc12)c1ccc(COc2cccc([C@H](c3ccccc3)N(C(=O)O)[C@H]3CN4CCC3CC4)c2)o1. The van der Waals surface area contributed by atoms with E-state index in [1.54, 1.807) is 29.2 Å². The van der Waals surface area contributed by atoms with Crippen LogP contribution in [-0.2, 0) is 6.61 Å². The number of carbonyl (C=O) groups is 2. The molecule has 2 amide bonds. The normalized spacial score (nSPS) is 18.8. The first-order valence-electron chi connectivity index (χ1n) is 18.9. The van der Waals surface area contributed by atoms with Gasteiger partial charge in [0, 0.05) is 31.1 Å². The Morgan fingerprint density at radius 2 is 1.73 bits per heavy atom. The van der Waals surface area contributed by atoms with Gasteiger partial charge < -0.3 is 45.0 Å². The van der Waals surface area contributed by atoms with Crippen LogP contribution in [0.3, 0.4) is 0 Å². The van der Waals surface area contributed by atoms with Crippen molar-refractivity contribution in [3.05, 3.63) is 130 Å². The lowest BCUT2D eigenvalue weighted by atomic mass is 9.81. The Bertz CT molecular complexity index is 2140. The largest absolute Gasteiger partial charge is 0.506 e. The molecule has 0 aliphatic carbocycles. The van der Waals surface area contributed by atoms with Crippen molar-refractivity contribution in [1.29, 1.82) is 0 Å². The Morgan fingerprint density at radius 1 is 0.945 bits per heavy atom. The number of unbranched alkanes of at least 4 members (excludes halogenated alkanes) is 1. The number of benzene rings is 3. The van der Waals surface area contributed by atoms with E-state index in [4.69, 9.17) is 9.15 Å². The van der Waals surface area contributed by atoms with Crippen molar-refractivity contribution in [2.24, 2.45) is 5.92 Å². The number of aliphatic hydroxyl groups is 1. The number of amides is 2. The molecule has 3 aliphatic rings. The smallest absolute Gasteiger partial charge is 0.408 e. The number of carboxylic acid groups (broad SMARTS) is 1. The molecule has 288 valence electrons. The molecule has 0 saturated carbocycles. The summed E-state index contributed by atoms with van der Waals surface area (Å²) in [6.07, 6.45) is 1.67. The third-order valence-corrected chi connectivity index (χ3v) is 10.7. The zero-order valence-corrected chi connectivity index (χ0v) is 30.5. The molecule has 0 radical (unpaired) electrons. The van der Waals surface area contributed by atoms with Gasteiger partial charge in [-0.05, 0) is 104 Å². The number of fused-ring (bicyclic) bond motifs is 4. The highest BCUT2D eigenvalue weighted by molar-refractivity contribution is 5.91. The van der Waals surface area contributed by atoms with Crippen molar-refractivity contribution in [3.63, 3.8) is 0 Å². The van der Waals surface area contributed by atoms with E-state index < -0.39 is 18.2 Å². The number of nitrogens with zero attached hydrogens (tertiary/aromatic N) is 2. The van der Waals surface area contributed by atoms with E-state index in [-0.39, 0.29) is 42.2 Å². The number of ether oxygens (including phenoxy) is 1. The number of phenols is 1. The number of pyridine rings is 1. The summed E-state index contributed by atoms with van der Waals surface area (Å²) in [4.78, 5) is 44.0. The summed E-state index contributed by atoms with van der Waals surface area (Å²) in [6.45, 7) is 4.19. The molecule has 0 unspecified atom stereocenters. The Balaban J connectivity index is 0.888. The minimum absolute atomic E-state index is 0.0572. The van der Waals surface area contributed by atoms with E-state index in [0.29, 0.717) is 53.4 Å². The first-order valence-corrected chi connectivity index (χ1v) is 18.9. The predicted molar refractivity (Wildman–Crippen MR) is 206 cm³/mol. The maximum atomic E-state index is 13.0. The maximum absolute atomic E-state index is 13.0. The van der Waals surface area contributed by atoms with Crippen molar-refractivity contribution >= 4 is 22.9 Å². The molecule has 3 aliphatic heterocycles. The fourth-order valence-electron chi connectivity index (χ4n) is 7.91. The number of furan rings is 1. The molecule has 3 atom stereocenters. The molecule has 2 aromatic heterocycles. The van der Waals surface area contributed by atoms with Gasteiger partial charge in [-0.2, -0.15) is 0 Å². The van der Waals surface area contributed by atoms with Crippen LogP contribution in [0.15, 0.2) is 100 Å². The highest BCUT2D eigenvalue weighted by atomic mass is 16.5. The van der Waals surface area contributed by atoms with Gasteiger partial charge in [0.15, 0.2) is 5.76 Å². The molecule has 5 heterocycles. The molecular formula is C42H47N5O8. The third kappa shape index (κ3) is 8.86. The highest BCUT2D eigenvalue weighted by Crippen LogP contribution is 2.39. The number of hydrogen-bond acceptors (Lipinski definition) is 9. The van der Waals surface area contributed by atoms with Crippen LogP contribution >= 0.6 is 0 Å². The summed E-state index contributed by atoms with van der Waals surface area (Å²) < 4.78 is 11.9. The van der Waals surface area contributed by atoms with Gasteiger partial charge in [0.05, 0.1) is 23.7 Å². The van der Waals surface area contributed by atoms with Crippen molar-refractivity contribution in [1.82, 2.24) is 25.4 Å². The predicted octanol–water partition coefficient (Wildman–Crippen LogP) is 5.40. The molecule has 2 bridgehead atoms. The summed E-state index contributed by atoms with van der Waals surface area (Å²) in [6, 6.07) is 26.0. The van der Waals surface area contributed by atoms with Crippen LogP contribution in [-0.4, -0.2) is 87.4 Å². The van der Waals surface area contributed by atoms with Crippen LogP contribution in [0.5, 0.6) is 11.5 Å². The second-order valence-corrected chi connectivity index (χ2v) is 14.3.